The summed E-state index contributed by atoms with van der Waals surface area (Å²) in [4.78, 5) is 12.0. The standard InChI is InChI=1S/C11H16N6O3/c12-9-6-10(16-11(13)15-9)17(3-14-6)5-1-4(2-18)7(19)8(5)20/h3-5,7-8,18-20H,1-2H2,(H4,12,13,15,16)/t4-,5-,7+,8-/m0/s1. The van der Waals surface area contributed by atoms with Crippen LogP contribution in [0.15, 0.2) is 6.33 Å². The molecule has 0 aromatic carbocycles. The molecule has 0 radical (unpaired) electrons. The average molecular weight is 280 g/mol. The molecule has 0 bridgehead atoms. The first-order valence-electron chi connectivity index (χ1n) is 6.25. The minimum atomic E-state index is -1.01. The lowest BCUT2D eigenvalue weighted by molar-refractivity contribution is -0.00370. The van der Waals surface area contributed by atoms with E-state index in [1.165, 1.54) is 6.33 Å². The number of nitrogen functional groups attached to an aromatic ring is 2. The maximum absolute atomic E-state index is 10.1. The van der Waals surface area contributed by atoms with Crippen LogP contribution in [-0.2, 0) is 0 Å². The molecule has 2 aromatic heterocycles. The zero-order valence-electron chi connectivity index (χ0n) is 10.6. The van der Waals surface area contributed by atoms with E-state index in [0.29, 0.717) is 17.6 Å². The van der Waals surface area contributed by atoms with Crippen molar-refractivity contribution in [3.8, 4) is 0 Å². The first-order valence-corrected chi connectivity index (χ1v) is 6.25. The quantitative estimate of drug-likeness (QED) is 0.434. The third-order valence-corrected chi connectivity index (χ3v) is 3.83. The summed E-state index contributed by atoms with van der Waals surface area (Å²) < 4.78 is 1.62. The Hall–Kier alpha value is -1.97. The first-order chi connectivity index (χ1) is 9.52. The van der Waals surface area contributed by atoms with Crippen LogP contribution in [-0.4, -0.2) is 53.7 Å². The van der Waals surface area contributed by atoms with Crippen molar-refractivity contribution in [2.45, 2.75) is 24.7 Å². The van der Waals surface area contributed by atoms with Crippen LogP contribution in [0, 0.1) is 5.92 Å². The predicted octanol–water partition coefficient (Wildman–Crippen LogP) is -1.73. The largest absolute Gasteiger partial charge is 0.396 e. The van der Waals surface area contributed by atoms with Crippen molar-refractivity contribution in [2.75, 3.05) is 18.1 Å². The van der Waals surface area contributed by atoms with E-state index in [4.69, 9.17) is 11.5 Å². The lowest BCUT2D eigenvalue weighted by Crippen LogP contribution is -2.30. The number of aliphatic hydroxyl groups is 3. The number of aromatic nitrogens is 4. The summed E-state index contributed by atoms with van der Waals surface area (Å²) >= 11 is 0. The van der Waals surface area contributed by atoms with Gasteiger partial charge in [-0.25, -0.2) is 4.98 Å². The molecule has 9 nitrogen and oxygen atoms in total. The number of imidazole rings is 1. The normalized spacial score (nSPS) is 30.1. The van der Waals surface area contributed by atoms with E-state index in [9.17, 15) is 15.3 Å². The van der Waals surface area contributed by atoms with Crippen molar-refractivity contribution < 1.29 is 15.3 Å². The van der Waals surface area contributed by atoms with Crippen LogP contribution in [0.2, 0.25) is 0 Å². The van der Waals surface area contributed by atoms with Gasteiger partial charge in [-0.15, -0.1) is 0 Å². The lowest BCUT2D eigenvalue weighted by atomic mass is 10.1. The molecule has 0 aliphatic heterocycles. The van der Waals surface area contributed by atoms with Gasteiger partial charge in [0.2, 0.25) is 5.95 Å². The summed E-state index contributed by atoms with van der Waals surface area (Å²) in [7, 11) is 0. The number of nitrogens with two attached hydrogens (primary N) is 2. The molecule has 2 heterocycles. The smallest absolute Gasteiger partial charge is 0.224 e. The highest BCUT2D eigenvalue weighted by atomic mass is 16.3. The van der Waals surface area contributed by atoms with Gasteiger partial charge in [0.05, 0.1) is 18.5 Å². The number of hydrogen-bond acceptors (Lipinski definition) is 8. The van der Waals surface area contributed by atoms with E-state index in [1.807, 2.05) is 0 Å². The van der Waals surface area contributed by atoms with Gasteiger partial charge in [0.15, 0.2) is 11.5 Å². The van der Waals surface area contributed by atoms with Gasteiger partial charge in [0.1, 0.15) is 11.6 Å². The van der Waals surface area contributed by atoms with Gasteiger partial charge in [-0.05, 0) is 6.42 Å². The molecular formula is C11H16N6O3. The van der Waals surface area contributed by atoms with Gasteiger partial charge in [-0.2, -0.15) is 9.97 Å². The summed E-state index contributed by atoms with van der Waals surface area (Å²) in [6.45, 7) is -0.194. The molecule has 1 fully saturated rings. The summed E-state index contributed by atoms with van der Waals surface area (Å²) in [5, 5.41) is 29.2. The minimum Gasteiger partial charge on any atom is -0.396 e. The van der Waals surface area contributed by atoms with Crippen molar-refractivity contribution in [1.29, 1.82) is 0 Å². The molecule has 108 valence electrons. The van der Waals surface area contributed by atoms with Crippen LogP contribution in [0.25, 0.3) is 11.2 Å². The third-order valence-electron chi connectivity index (χ3n) is 3.83. The summed E-state index contributed by atoms with van der Waals surface area (Å²) in [6, 6.07) is -0.444. The molecule has 7 N–H and O–H groups in total. The summed E-state index contributed by atoms with van der Waals surface area (Å²) in [5.41, 5.74) is 12.1. The second-order valence-corrected chi connectivity index (χ2v) is 5.02. The van der Waals surface area contributed by atoms with Gasteiger partial charge in [0, 0.05) is 12.5 Å². The van der Waals surface area contributed by atoms with Gasteiger partial charge in [-0.1, -0.05) is 0 Å². The van der Waals surface area contributed by atoms with Crippen molar-refractivity contribution >= 4 is 22.9 Å². The van der Waals surface area contributed by atoms with E-state index in [1.54, 1.807) is 4.57 Å². The van der Waals surface area contributed by atoms with Crippen molar-refractivity contribution in [3.63, 3.8) is 0 Å². The van der Waals surface area contributed by atoms with Crippen LogP contribution in [0.3, 0.4) is 0 Å². The van der Waals surface area contributed by atoms with Gasteiger partial charge in [0.25, 0.3) is 0 Å². The Labute approximate surface area is 113 Å². The van der Waals surface area contributed by atoms with Crippen LogP contribution in [0.4, 0.5) is 11.8 Å². The topological polar surface area (TPSA) is 156 Å². The van der Waals surface area contributed by atoms with Crippen LogP contribution in [0.5, 0.6) is 0 Å². The fraction of sp³-hybridized carbons (Fsp3) is 0.545. The van der Waals surface area contributed by atoms with Crippen molar-refractivity contribution in [2.24, 2.45) is 5.92 Å². The molecule has 1 saturated carbocycles. The fourth-order valence-electron chi connectivity index (χ4n) is 2.75. The van der Waals surface area contributed by atoms with Gasteiger partial charge >= 0.3 is 0 Å². The van der Waals surface area contributed by atoms with Crippen LogP contribution in [0.1, 0.15) is 12.5 Å². The Morgan fingerprint density at radius 3 is 2.65 bits per heavy atom. The minimum absolute atomic E-state index is 0.0171. The number of rotatable bonds is 2. The van der Waals surface area contributed by atoms with E-state index >= 15 is 0 Å². The van der Waals surface area contributed by atoms with Crippen LogP contribution >= 0.6 is 0 Å². The molecule has 2 aromatic rings. The van der Waals surface area contributed by atoms with E-state index < -0.39 is 18.2 Å². The molecule has 0 saturated heterocycles. The predicted molar refractivity (Wildman–Crippen MR) is 70.4 cm³/mol. The van der Waals surface area contributed by atoms with Gasteiger partial charge < -0.3 is 31.4 Å². The van der Waals surface area contributed by atoms with E-state index in [-0.39, 0.29) is 24.3 Å². The van der Waals surface area contributed by atoms with Crippen molar-refractivity contribution in [1.82, 2.24) is 19.5 Å². The Morgan fingerprint density at radius 1 is 1.25 bits per heavy atom. The fourth-order valence-corrected chi connectivity index (χ4v) is 2.75. The second-order valence-electron chi connectivity index (χ2n) is 5.02. The average Bonchev–Trinajstić information content (AvgIpc) is 2.93. The van der Waals surface area contributed by atoms with E-state index in [0.717, 1.165) is 0 Å². The molecule has 9 heteroatoms. The molecule has 1 aliphatic rings. The highest BCUT2D eigenvalue weighted by molar-refractivity contribution is 5.82. The molecule has 4 atom stereocenters. The molecular weight excluding hydrogens is 264 g/mol. The molecule has 0 unspecified atom stereocenters. The maximum Gasteiger partial charge on any atom is 0.224 e. The summed E-state index contributed by atoms with van der Waals surface area (Å²) in [6.07, 6.45) is -0.107. The number of nitrogens with zero attached hydrogens (tertiary/aromatic N) is 4. The van der Waals surface area contributed by atoms with E-state index in [2.05, 4.69) is 15.0 Å². The number of fused-ring (bicyclic) bond motifs is 1. The maximum atomic E-state index is 10.1. The zero-order chi connectivity index (χ0) is 14.4. The number of hydrogen-bond donors (Lipinski definition) is 5. The van der Waals surface area contributed by atoms with Crippen LogP contribution < -0.4 is 11.5 Å². The molecule has 20 heavy (non-hydrogen) atoms. The SMILES string of the molecule is Nc1nc(N)c2ncn([C@H]3C[C@@H](CO)[C@@H](O)[C@H]3O)c2n1. The molecule has 1 aliphatic carbocycles. The number of aliphatic hydroxyl groups excluding tert-OH is 3. The van der Waals surface area contributed by atoms with Crippen molar-refractivity contribution in [3.05, 3.63) is 6.33 Å². The highest BCUT2D eigenvalue weighted by Gasteiger charge is 2.42. The Bertz CT molecular complexity index is 644. The Morgan fingerprint density at radius 2 is 2.00 bits per heavy atom. The Balaban J connectivity index is 2.07. The molecule has 0 amide bonds. The Kier molecular flexibility index (Phi) is 2.96. The molecule has 3 rings (SSSR count). The zero-order valence-corrected chi connectivity index (χ0v) is 10.6. The monoisotopic (exact) mass is 280 g/mol. The highest BCUT2D eigenvalue weighted by Crippen LogP contribution is 2.36. The third kappa shape index (κ3) is 1.79. The number of anilines is 2. The summed E-state index contributed by atoms with van der Waals surface area (Å²) in [5.74, 6) is -0.203. The van der Waals surface area contributed by atoms with Gasteiger partial charge in [-0.3, -0.25) is 0 Å². The first kappa shape index (κ1) is 13.0. The molecule has 0 spiro atoms. The second kappa shape index (κ2) is 4.54. The lowest BCUT2D eigenvalue weighted by Gasteiger charge is -2.18.